The van der Waals surface area contributed by atoms with E-state index in [0.29, 0.717) is 17.7 Å². The van der Waals surface area contributed by atoms with Crippen LogP contribution in [-0.4, -0.2) is 35.9 Å². The number of terminal acetylenes is 1. The van der Waals surface area contributed by atoms with E-state index in [-0.39, 0.29) is 0 Å². The third-order valence-electron chi connectivity index (χ3n) is 3.79. The lowest BCUT2D eigenvalue weighted by Crippen LogP contribution is -2.51. The molecule has 0 aliphatic rings. The van der Waals surface area contributed by atoms with E-state index in [9.17, 15) is 10.1 Å². The third-order valence-corrected chi connectivity index (χ3v) is 3.79. The number of aromatic nitrogens is 1. The Morgan fingerprint density at radius 1 is 1.52 bits per heavy atom. The highest BCUT2D eigenvalue weighted by atomic mass is 16.6. The van der Waals surface area contributed by atoms with Crippen LogP contribution in [-0.2, 0) is 9.63 Å². The highest BCUT2D eigenvalue weighted by Gasteiger charge is 2.29. The van der Waals surface area contributed by atoms with E-state index in [1.807, 2.05) is 19.1 Å². The van der Waals surface area contributed by atoms with E-state index in [1.54, 1.807) is 24.4 Å². The van der Waals surface area contributed by atoms with Crippen LogP contribution < -0.4 is 10.1 Å². The number of hydrogen-bond acceptors (Lipinski definition) is 6. The molecule has 0 radical (unpaired) electrons. The molecule has 2 atom stereocenters. The molecule has 27 heavy (non-hydrogen) atoms. The number of carbonyl (C=O) groups excluding carboxylic acids is 1. The number of carbonyl (C=O) groups is 1. The number of amides is 1. The maximum Gasteiger partial charge on any atom is 0.262 e. The lowest BCUT2D eigenvalue weighted by Gasteiger charge is -2.23. The van der Waals surface area contributed by atoms with Crippen LogP contribution in [0.1, 0.15) is 25.8 Å². The molecular formula is C20H20N4O3. The molecular weight excluding hydrogens is 344 g/mol. The zero-order chi connectivity index (χ0) is 19.9. The summed E-state index contributed by atoms with van der Waals surface area (Å²) < 4.78 is 5.83. The Balaban J connectivity index is 2.19. The summed E-state index contributed by atoms with van der Waals surface area (Å²) in [6, 6.07) is 9.10. The van der Waals surface area contributed by atoms with Crippen LogP contribution in [0.3, 0.4) is 0 Å². The Bertz CT molecular complexity index is 942. The summed E-state index contributed by atoms with van der Waals surface area (Å²) in [5.41, 5.74) is 0.122. The molecule has 0 aliphatic heterocycles. The first-order valence-electron chi connectivity index (χ1n) is 8.28. The number of oxime groups is 1. The largest absolute Gasteiger partial charge is 0.481 e. The van der Waals surface area contributed by atoms with Gasteiger partial charge in [0.25, 0.3) is 5.91 Å². The van der Waals surface area contributed by atoms with Crippen molar-refractivity contribution in [3.8, 4) is 24.2 Å². The zero-order valence-corrected chi connectivity index (χ0v) is 15.4. The maximum absolute atomic E-state index is 12.6. The van der Waals surface area contributed by atoms with Gasteiger partial charge in [-0.15, -0.1) is 6.42 Å². The normalized spacial score (nSPS) is 14.0. The van der Waals surface area contributed by atoms with Gasteiger partial charge in [0.15, 0.2) is 11.6 Å². The van der Waals surface area contributed by atoms with Crippen LogP contribution in [0.2, 0.25) is 0 Å². The van der Waals surface area contributed by atoms with Crippen molar-refractivity contribution in [2.45, 2.75) is 31.9 Å². The monoisotopic (exact) mass is 364 g/mol. The predicted octanol–water partition coefficient (Wildman–Crippen LogP) is 2.40. The Hall–Kier alpha value is -3.58. The number of nitrogens with zero attached hydrogens (tertiary/aromatic N) is 3. The summed E-state index contributed by atoms with van der Waals surface area (Å²) in [5, 5.41) is 16.3. The van der Waals surface area contributed by atoms with Gasteiger partial charge in [-0.25, -0.2) is 0 Å². The number of benzene rings is 1. The van der Waals surface area contributed by atoms with Crippen LogP contribution in [0.5, 0.6) is 5.75 Å². The molecule has 1 amide bonds. The van der Waals surface area contributed by atoms with E-state index in [0.717, 1.165) is 10.9 Å². The highest BCUT2D eigenvalue weighted by molar-refractivity contribution is 5.88. The summed E-state index contributed by atoms with van der Waals surface area (Å²) in [6.07, 6.45) is 7.88. The molecule has 0 fully saturated rings. The fourth-order valence-electron chi connectivity index (χ4n) is 2.33. The SMILES string of the molecule is C#Cc1cnc2ccc(OC(CC)C(=O)NC(C)(C#N)/C=N/OC)cc2c1. The molecule has 0 saturated heterocycles. The van der Waals surface area contributed by atoms with E-state index < -0.39 is 17.6 Å². The lowest BCUT2D eigenvalue weighted by atomic mass is 10.1. The van der Waals surface area contributed by atoms with Crippen LogP contribution in [0.25, 0.3) is 10.9 Å². The molecule has 1 N–H and O–H groups in total. The fourth-order valence-corrected chi connectivity index (χ4v) is 2.33. The van der Waals surface area contributed by atoms with Crippen molar-refractivity contribution in [2.75, 3.05) is 7.11 Å². The average Bonchev–Trinajstić information content (AvgIpc) is 2.69. The molecule has 0 saturated carbocycles. The van der Waals surface area contributed by atoms with Crippen molar-refractivity contribution < 1.29 is 14.4 Å². The maximum atomic E-state index is 12.6. The van der Waals surface area contributed by atoms with Crippen LogP contribution >= 0.6 is 0 Å². The number of nitriles is 1. The highest BCUT2D eigenvalue weighted by Crippen LogP contribution is 2.22. The van der Waals surface area contributed by atoms with E-state index in [1.165, 1.54) is 20.2 Å². The van der Waals surface area contributed by atoms with Gasteiger partial charge in [0.1, 0.15) is 12.9 Å². The van der Waals surface area contributed by atoms with Gasteiger partial charge < -0.3 is 14.9 Å². The molecule has 0 spiro atoms. The Kier molecular flexibility index (Phi) is 6.35. The van der Waals surface area contributed by atoms with Gasteiger partial charge in [-0.05, 0) is 37.6 Å². The first-order valence-corrected chi connectivity index (χ1v) is 8.28. The van der Waals surface area contributed by atoms with Gasteiger partial charge in [-0.2, -0.15) is 5.26 Å². The predicted molar refractivity (Wildman–Crippen MR) is 102 cm³/mol. The molecule has 7 nitrogen and oxygen atoms in total. The van der Waals surface area contributed by atoms with Gasteiger partial charge in [-0.3, -0.25) is 9.78 Å². The van der Waals surface area contributed by atoms with Crippen LogP contribution in [0, 0.1) is 23.7 Å². The summed E-state index contributed by atoms with van der Waals surface area (Å²) >= 11 is 0. The topological polar surface area (TPSA) is 96.6 Å². The number of ether oxygens (including phenoxy) is 1. The molecule has 2 rings (SSSR count). The Morgan fingerprint density at radius 3 is 2.93 bits per heavy atom. The summed E-state index contributed by atoms with van der Waals surface area (Å²) in [6.45, 7) is 3.33. The second-order valence-corrected chi connectivity index (χ2v) is 5.96. The van der Waals surface area contributed by atoms with Crippen molar-refractivity contribution in [1.29, 1.82) is 5.26 Å². The molecule has 1 heterocycles. The van der Waals surface area contributed by atoms with Crippen molar-refractivity contribution >= 4 is 23.0 Å². The standard InChI is InChI=1S/C20H20N4O3/c1-5-14-9-15-10-16(7-8-17(15)22-11-14)27-18(6-2)19(25)24-20(3,12-21)13-23-26-4/h1,7-11,13,18H,6H2,2-4H3,(H,24,25)/b23-13+. The minimum atomic E-state index is -1.31. The lowest BCUT2D eigenvalue weighted by molar-refractivity contribution is -0.128. The Morgan fingerprint density at radius 2 is 2.30 bits per heavy atom. The van der Waals surface area contributed by atoms with E-state index in [2.05, 4.69) is 26.2 Å². The summed E-state index contributed by atoms with van der Waals surface area (Å²) in [4.78, 5) is 21.4. The molecule has 2 aromatic rings. The molecule has 0 aliphatic carbocycles. The zero-order valence-electron chi connectivity index (χ0n) is 15.4. The number of hydrogen-bond donors (Lipinski definition) is 1. The second-order valence-electron chi connectivity index (χ2n) is 5.96. The van der Waals surface area contributed by atoms with E-state index >= 15 is 0 Å². The van der Waals surface area contributed by atoms with E-state index in [4.69, 9.17) is 11.2 Å². The minimum Gasteiger partial charge on any atom is -0.481 e. The molecule has 2 unspecified atom stereocenters. The Labute approximate surface area is 158 Å². The molecule has 1 aromatic heterocycles. The second kappa shape index (κ2) is 8.68. The van der Waals surface area contributed by atoms with Crippen molar-refractivity contribution in [1.82, 2.24) is 10.3 Å². The minimum absolute atomic E-state index is 0.412. The first-order chi connectivity index (χ1) is 12.9. The fraction of sp³-hybridized carbons (Fsp3) is 0.300. The molecule has 1 aromatic carbocycles. The number of pyridine rings is 1. The number of rotatable bonds is 7. The molecule has 0 bridgehead atoms. The van der Waals surface area contributed by atoms with Gasteiger partial charge in [0.05, 0.1) is 17.8 Å². The van der Waals surface area contributed by atoms with Crippen LogP contribution in [0.15, 0.2) is 35.6 Å². The van der Waals surface area contributed by atoms with Crippen LogP contribution in [0.4, 0.5) is 0 Å². The quantitative estimate of drug-likeness (QED) is 0.462. The number of fused-ring (bicyclic) bond motifs is 1. The van der Waals surface area contributed by atoms with Gasteiger partial charge in [-0.1, -0.05) is 18.0 Å². The summed E-state index contributed by atoms with van der Waals surface area (Å²) in [5.74, 6) is 2.61. The van der Waals surface area contributed by atoms with Gasteiger partial charge >= 0.3 is 0 Å². The molecule has 138 valence electrons. The average molecular weight is 364 g/mol. The molecule has 7 heteroatoms. The third kappa shape index (κ3) is 4.96. The van der Waals surface area contributed by atoms with Gasteiger partial charge in [0.2, 0.25) is 0 Å². The van der Waals surface area contributed by atoms with Gasteiger partial charge in [0, 0.05) is 17.1 Å². The van der Waals surface area contributed by atoms with Crippen molar-refractivity contribution in [3.63, 3.8) is 0 Å². The summed E-state index contributed by atoms with van der Waals surface area (Å²) in [7, 11) is 1.36. The smallest absolute Gasteiger partial charge is 0.262 e. The van der Waals surface area contributed by atoms with Crippen molar-refractivity contribution in [2.24, 2.45) is 5.16 Å². The van der Waals surface area contributed by atoms with Crippen molar-refractivity contribution in [3.05, 3.63) is 36.0 Å². The number of nitrogens with one attached hydrogen (secondary N) is 1. The first kappa shape index (κ1) is 19.7.